The summed E-state index contributed by atoms with van der Waals surface area (Å²) in [5.41, 5.74) is 5.90. The first-order valence-electron chi connectivity index (χ1n) is 9.43. The minimum absolute atomic E-state index is 0.0395. The Morgan fingerprint density at radius 2 is 2.07 bits per heavy atom. The van der Waals surface area contributed by atoms with Crippen LogP contribution in [0.2, 0.25) is 0 Å². The predicted octanol–water partition coefficient (Wildman–Crippen LogP) is 1.68. The van der Waals surface area contributed by atoms with E-state index in [0.29, 0.717) is 18.8 Å². The van der Waals surface area contributed by atoms with Gasteiger partial charge in [0.1, 0.15) is 18.5 Å². The van der Waals surface area contributed by atoms with Crippen LogP contribution in [0.3, 0.4) is 0 Å². The van der Waals surface area contributed by atoms with E-state index in [2.05, 4.69) is 5.32 Å². The Balaban J connectivity index is 2.13. The first kappa shape index (κ1) is 23.1. The van der Waals surface area contributed by atoms with Crippen molar-refractivity contribution in [3.05, 3.63) is 24.0 Å². The average Bonchev–Trinajstić information content (AvgIpc) is 2.63. The number of hydrogen-bond acceptors (Lipinski definition) is 5. The Kier molecular flexibility index (Phi) is 8.42. The molecule has 0 spiro atoms. The van der Waals surface area contributed by atoms with E-state index < -0.39 is 30.7 Å². The maximum Gasteiger partial charge on any atom is 0.253 e. The molecule has 1 aromatic carbocycles. The Morgan fingerprint density at radius 1 is 1.34 bits per heavy atom. The lowest BCUT2D eigenvalue weighted by Crippen LogP contribution is -2.51. The monoisotopic (exact) mass is 416 g/mol. The van der Waals surface area contributed by atoms with Crippen molar-refractivity contribution < 1.29 is 27.5 Å². The SMILES string of the molecule is CC(C)CN(CC(F)F)[C@@H](CN)C(=O)Nc1ccc(N2CCOCC2=O)cc1F. The zero-order valence-corrected chi connectivity index (χ0v) is 16.5. The van der Waals surface area contributed by atoms with Crippen LogP contribution >= 0.6 is 0 Å². The second kappa shape index (κ2) is 10.6. The van der Waals surface area contributed by atoms with Crippen LogP contribution in [-0.4, -0.2) is 68.6 Å². The molecule has 1 aliphatic rings. The lowest BCUT2D eigenvalue weighted by molar-refractivity contribution is -0.125. The molecule has 1 aliphatic heterocycles. The summed E-state index contributed by atoms with van der Waals surface area (Å²) in [6, 6.07) is 2.95. The highest BCUT2D eigenvalue weighted by atomic mass is 19.3. The number of benzene rings is 1. The summed E-state index contributed by atoms with van der Waals surface area (Å²) in [5, 5.41) is 2.42. The molecule has 0 unspecified atom stereocenters. The van der Waals surface area contributed by atoms with Crippen LogP contribution in [0.25, 0.3) is 0 Å². The van der Waals surface area contributed by atoms with Crippen LogP contribution < -0.4 is 16.0 Å². The summed E-state index contributed by atoms with van der Waals surface area (Å²) in [5.74, 6) is -1.65. The van der Waals surface area contributed by atoms with Gasteiger partial charge in [-0.25, -0.2) is 13.2 Å². The van der Waals surface area contributed by atoms with Gasteiger partial charge in [-0.05, 0) is 24.1 Å². The van der Waals surface area contributed by atoms with Gasteiger partial charge in [0, 0.05) is 25.3 Å². The van der Waals surface area contributed by atoms with Crippen LogP contribution in [0.1, 0.15) is 13.8 Å². The predicted molar refractivity (Wildman–Crippen MR) is 103 cm³/mol. The van der Waals surface area contributed by atoms with Gasteiger partial charge in [0.25, 0.3) is 12.3 Å². The molecular formula is C19H27F3N4O3. The third kappa shape index (κ3) is 6.41. The molecule has 0 aromatic heterocycles. The third-order valence-electron chi connectivity index (χ3n) is 4.45. The summed E-state index contributed by atoms with van der Waals surface area (Å²) in [4.78, 5) is 27.2. The van der Waals surface area contributed by atoms with Crippen molar-refractivity contribution in [3.8, 4) is 0 Å². The molecule has 10 heteroatoms. The number of alkyl halides is 2. The molecule has 1 atom stereocenters. The van der Waals surface area contributed by atoms with Gasteiger partial charge in [0.2, 0.25) is 5.91 Å². The quantitative estimate of drug-likeness (QED) is 0.640. The van der Waals surface area contributed by atoms with Gasteiger partial charge in [-0.1, -0.05) is 13.8 Å². The number of amides is 2. The van der Waals surface area contributed by atoms with Crippen LogP contribution in [-0.2, 0) is 14.3 Å². The molecule has 2 amide bonds. The topological polar surface area (TPSA) is 87.9 Å². The first-order chi connectivity index (χ1) is 13.7. The van der Waals surface area contributed by atoms with E-state index in [1.54, 1.807) is 0 Å². The molecule has 7 nitrogen and oxygen atoms in total. The highest BCUT2D eigenvalue weighted by Crippen LogP contribution is 2.24. The average molecular weight is 416 g/mol. The van der Waals surface area contributed by atoms with Gasteiger partial charge in [-0.15, -0.1) is 0 Å². The number of carbonyl (C=O) groups is 2. The molecule has 1 aromatic rings. The lowest BCUT2D eigenvalue weighted by Gasteiger charge is -2.31. The van der Waals surface area contributed by atoms with Crippen molar-refractivity contribution >= 4 is 23.2 Å². The van der Waals surface area contributed by atoms with Crippen molar-refractivity contribution in [2.24, 2.45) is 11.7 Å². The zero-order valence-electron chi connectivity index (χ0n) is 16.5. The van der Waals surface area contributed by atoms with Gasteiger partial charge < -0.3 is 20.7 Å². The molecule has 0 radical (unpaired) electrons. The smallest absolute Gasteiger partial charge is 0.253 e. The highest BCUT2D eigenvalue weighted by molar-refractivity contribution is 5.97. The van der Waals surface area contributed by atoms with Gasteiger partial charge in [0.05, 0.1) is 18.8 Å². The van der Waals surface area contributed by atoms with Crippen molar-refractivity contribution in [2.45, 2.75) is 26.3 Å². The number of carbonyl (C=O) groups excluding carboxylic acids is 2. The van der Waals surface area contributed by atoms with E-state index in [1.807, 2.05) is 13.8 Å². The zero-order chi connectivity index (χ0) is 21.6. The fourth-order valence-corrected chi connectivity index (χ4v) is 3.18. The summed E-state index contributed by atoms with van der Waals surface area (Å²) in [7, 11) is 0. The first-order valence-corrected chi connectivity index (χ1v) is 9.43. The molecule has 1 heterocycles. The number of halogens is 3. The van der Waals surface area contributed by atoms with Gasteiger partial charge >= 0.3 is 0 Å². The summed E-state index contributed by atoms with van der Waals surface area (Å²) in [6.45, 7) is 3.72. The van der Waals surface area contributed by atoms with Crippen LogP contribution in [0.4, 0.5) is 24.5 Å². The molecule has 0 saturated carbocycles. The largest absolute Gasteiger partial charge is 0.370 e. The normalized spacial score (nSPS) is 16.0. The summed E-state index contributed by atoms with van der Waals surface area (Å²) < 4.78 is 45.4. The van der Waals surface area contributed by atoms with E-state index in [9.17, 15) is 22.8 Å². The molecule has 162 valence electrons. The van der Waals surface area contributed by atoms with Crippen LogP contribution in [0, 0.1) is 11.7 Å². The molecule has 0 bridgehead atoms. The number of morpholine rings is 1. The maximum absolute atomic E-state index is 14.5. The van der Waals surface area contributed by atoms with E-state index in [-0.39, 0.29) is 37.2 Å². The summed E-state index contributed by atoms with van der Waals surface area (Å²) in [6.07, 6.45) is -2.63. The number of anilines is 2. The fourth-order valence-electron chi connectivity index (χ4n) is 3.18. The van der Waals surface area contributed by atoms with Crippen LogP contribution in [0.15, 0.2) is 18.2 Å². The van der Waals surface area contributed by atoms with E-state index in [1.165, 1.54) is 21.9 Å². The number of hydrogen-bond donors (Lipinski definition) is 2. The van der Waals surface area contributed by atoms with E-state index in [4.69, 9.17) is 10.5 Å². The van der Waals surface area contributed by atoms with Crippen molar-refractivity contribution in [1.82, 2.24) is 4.90 Å². The van der Waals surface area contributed by atoms with Crippen molar-refractivity contribution in [1.29, 1.82) is 0 Å². The van der Waals surface area contributed by atoms with Gasteiger partial charge in [-0.3, -0.25) is 14.5 Å². The molecular weight excluding hydrogens is 389 g/mol. The summed E-state index contributed by atoms with van der Waals surface area (Å²) >= 11 is 0. The van der Waals surface area contributed by atoms with Gasteiger partial charge in [0.15, 0.2) is 0 Å². The Hall–Kier alpha value is -2.17. The van der Waals surface area contributed by atoms with E-state index >= 15 is 0 Å². The molecule has 1 fully saturated rings. The molecule has 0 aliphatic carbocycles. The Morgan fingerprint density at radius 3 is 2.62 bits per heavy atom. The minimum atomic E-state index is -2.63. The number of nitrogens with zero attached hydrogens (tertiary/aromatic N) is 2. The maximum atomic E-state index is 14.5. The number of nitrogens with two attached hydrogens (primary N) is 1. The van der Waals surface area contributed by atoms with Crippen molar-refractivity contribution in [2.75, 3.05) is 49.6 Å². The standard InChI is InChI=1S/C19H27F3N4O3/c1-12(2)9-25(10-17(21)22)16(8-23)19(28)24-15-4-3-13(7-14(15)20)26-5-6-29-11-18(26)27/h3-4,7,12,16-17H,5-6,8-11,23H2,1-2H3,(H,24,28)/t16-/m0/s1. The molecule has 1 saturated heterocycles. The number of rotatable bonds is 9. The van der Waals surface area contributed by atoms with Crippen molar-refractivity contribution in [3.63, 3.8) is 0 Å². The lowest BCUT2D eigenvalue weighted by atomic mass is 10.1. The van der Waals surface area contributed by atoms with Crippen LogP contribution in [0.5, 0.6) is 0 Å². The number of nitrogens with one attached hydrogen (secondary N) is 1. The Labute approximate surface area is 168 Å². The third-order valence-corrected chi connectivity index (χ3v) is 4.45. The molecule has 29 heavy (non-hydrogen) atoms. The highest BCUT2D eigenvalue weighted by Gasteiger charge is 2.28. The minimum Gasteiger partial charge on any atom is -0.370 e. The van der Waals surface area contributed by atoms with E-state index in [0.717, 1.165) is 6.07 Å². The molecule has 3 N–H and O–H groups in total. The number of ether oxygens (including phenoxy) is 1. The second-order valence-electron chi connectivity index (χ2n) is 7.24. The second-order valence-corrected chi connectivity index (χ2v) is 7.24. The molecule has 2 rings (SSSR count). The van der Waals surface area contributed by atoms with Gasteiger partial charge in [-0.2, -0.15) is 0 Å². The fraction of sp³-hybridized carbons (Fsp3) is 0.579. The Bertz CT molecular complexity index is 708.